The summed E-state index contributed by atoms with van der Waals surface area (Å²) in [6.45, 7) is 0. The Morgan fingerprint density at radius 1 is 0.429 bits per heavy atom. The van der Waals surface area contributed by atoms with Crippen molar-refractivity contribution in [3.8, 4) is 11.1 Å². The first kappa shape index (κ1) is 27.8. The first-order valence-electron chi connectivity index (χ1n) is 17.5. The van der Waals surface area contributed by atoms with Gasteiger partial charge in [-0.15, -0.1) is 0 Å². The van der Waals surface area contributed by atoms with Gasteiger partial charge in [-0.1, -0.05) is 134 Å². The fourth-order valence-corrected chi connectivity index (χ4v) is 18.1. The van der Waals surface area contributed by atoms with Gasteiger partial charge in [0.05, 0.1) is 0 Å². The van der Waals surface area contributed by atoms with E-state index < -0.39 is 0 Å². The maximum absolute atomic E-state index is 2.82. The molecule has 0 radical (unpaired) electrons. The molecule has 8 rings (SSSR count). The third-order valence-electron chi connectivity index (χ3n) is 11.5. The van der Waals surface area contributed by atoms with Crippen molar-refractivity contribution in [1.82, 2.24) is 0 Å². The van der Waals surface area contributed by atoms with Crippen LogP contribution in [0.3, 0.4) is 0 Å². The zero-order valence-corrected chi connectivity index (χ0v) is 27.2. The lowest BCUT2D eigenvalue weighted by atomic mass is 9.94. The maximum atomic E-state index is 2.82. The highest BCUT2D eigenvalue weighted by molar-refractivity contribution is 7.73. The topological polar surface area (TPSA) is 0 Å². The molecule has 0 amide bonds. The number of fused-ring (bicyclic) bond motifs is 2. The van der Waals surface area contributed by atoms with Crippen molar-refractivity contribution in [3.05, 3.63) is 72.8 Å². The molecule has 0 unspecified atom stereocenters. The predicted molar refractivity (Wildman–Crippen MR) is 189 cm³/mol. The second-order valence-corrected chi connectivity index (χ2v) is 19.4. The highest BCUT2D eigenvalue weighted by atomic mass is 31.1. The normalized spacial score (nSPS) is 21.3. The van der Waals surface area contributed by atoms with Crippen molar-refractivity contribution in [1.29, 1.82) is 0 Å². The van der Waals surface area contributed by atoms with Gasteiger partial charge in [-0.05, 0) is 123 Å². The van der Waals surface area contributed by atoms with Gasteiger partial charge in [0.2, 0.25) is 0 Å². The van der Waals surface area contributed by atoms with Crippen LogP contribution in [0.1, 0.15) is 103 Å². The molecule has 0 bridgehead atoms. The number of hydrogen-bond donors (Lipinski definition) is 0. The van der Waals surface area contributed by atoms with Gasteiger partial charge in [-0.2, -0.15) is 0 Å². The second kappa shape index (κ2) is 12.3. The van der Waals surface area contributed by atoms with Crippen LogP contribution in [0, 0.1) is 0 Å². The third kappa shape index (κ3) is 5.08. The minimum absolute atomic E-state index is 0.147. The van der Waals surface area contributed by atoms with Crippen molar-refractivity contribution in [2.24, 2.45) is 0 Å². The van der Waals surface area contributed by atoms with E-state index in [9.17, 15) is 0 Å². The van der Waals surface area contributed by atoms with Crippen LogP contribution in [0.25, 0.3) is 32.7 Å². The molecule has 42 heavy (non-hydrogen) atoms. The lowest BCUT2D eigenvalue weighted by Crippen LogP contribution is -2.35. The van der Waals surface area contributed by atoms with Crippen molar-refractivity contribution in [2.75, 3.05) is 0 Å². The summed E-state index contributed by atoms with van der Waals surface area (Å²) in [4.78, 5) is 0. The molecule has 4 aliphatic rings. The van der Waals surface area contributed by atoms with Crippen LogP contribution in [-0.2, 0) is 0 Å². The molecule has 218 valence electrons. The summed E-state index contributed by atoms with van der Waals surface area (Å²) in [5, 5.41) is 9.75. The van der Waals surface area contributed by atoms with Crippen LogP contribution < -0.4 is 10.6 Å². The Morgan fingerprint density at radius 3 is 1.45 bits per heavy atom. The Morgan fingerprint density at radius 2 is 0.881 bits per heavy atom. The van der Waals surface area contributed by atoms with Gasteiger partial charge < -0.3 is 0 Å². The van der Waals surface area contributed by atoms with Crippen molar-refractivity contribution in [2.45, 2.75) is 125 Å². The molecule has 2 heteroatoms. The molecule has 0 spiro atoms. The van der Waals surface area contributed by atoms with Crippen LogP contribution in [0.2, 0.25) is 0 Å². The van der Waals surface area contributed by atoms with Gasteiger partial charge >= 0.3 is 0 Å². The summed E-state index contributed by atoms with van der Waals surface area (Å²) in [5.74, 6) is 0. The Balaban J connectivity index is 1.47. The predicted octanol–water partition coefficient (Wildman–Crippen LogP) is 11.6. The molecule has 0 N–H and O–H groups in total. The van der Waals surface area contributed by atoms with Crippen LogP contribution in [0.4, 0.5) is 0 Å². The van der Waals surface area contributed by atoms with Gasteiger partial charge in [0.25, 0.3) is 0 Å². The lowest BCUT2D eigenvalue weighted by Gasteiger charge is -2.39. The minimum Gasteiger partial charge on any atom is -0.0682 e. The lowest BCUT2D eigenvalue weighted by molar-refractivity contribution is 0.833. The quantitative estimate of drug-likeness (QED) is 0.188. The molecule has 4 aliphatic carbocycles. The zero-order chi connectivity index (χ0) is 27.9. The van der Waals surface area contributed by atoms with Gasteiger partial charge in [0.1, 0.15) is 0 Å². The van der Waals surface area contributed by atoms with Crippen LogP contribution in [-0.4, -0.2) is 22.6 Å². The summed E-state index contributed by atoms with van der Waals surface area (Å²) in [6, 6.07) is 28.9. The van der Waals surface area contributed by atoms with Crippen LogP contribution in [0.5, 0.6) is 0 Å². The highest BCUT2D eigenvalue weighted by Crippen LogP contribution is 2.62. The van der Waals surface area contributed by atoms with E-state index >= 15 is 0 Å². The first-order valence-corrected chi connectivity index (χ1v) is 20.4. The fraction of sp³-hybridized carbons (Fsp3) is 0.500. The molecule has 4 fully saturated rings. The monoisotopic (exact) mass is 590 g/mol. The Bertz CT molecular complexity index is 1490. The SMILES string of the molecule is c1ccc2c(-c3c(P(C4CCCC4)C4CCCC4)c(P(C4CCCC4)C4CCCC4)cc4ccccc34)cccc2c1. The van der Waals surface area contributed by atoms with E-state index in [1.54, 1.807) is 5.56 Å². The van der Waals surface area contributed by atoms with Crippen molar-refractivity contribution in [3.63, 3.8) is 0 Å². The highest BCUT2D eigenvalue weighted by Gasteiger charge is 2.41. The Labute approximate surface area is 256 Å². The fourth-order valence-electron chi connectivity index (χ4n) is 9.58. The molecular formula is C40H48P2. The molecule has 4 aromatic rings. The Hall–Kier alpha value is -1.74. The van der Waals surface area contributed by atoms with E-state index in [0.717, 1.165) is 22.6 Å². The molecule has 0 aliphatic heterocycles. The molecule has 0 atom stereocenters. The molecule has 4 aromatic carbocycles. The summed E-state index contributed by atoms with van der Waals surface area (Å²) in [7, 11) is -0.344. The minimum atomic E-state index is -0.197. The van der Waals surface area contributed by atoms with E-state index in [1.165, 1.54) is 130 Å². The van der Waals surface area contributed by atoms with Crippen LogP contribution >= 0.6 is 15.8 Å². The molecule has 0 aromatic heterocycles. The smallest absolute Gasteiger partial charge is 0.00155 e. The summed E-state index contributed by atoms with van der Waals surface area (Å²) in [5.41, 5.74) is 6.96. The third-order valence-corrected chi connectivity index (χ3v) is 18.7. The number of hydrogen-bond acceptors (Lipinski definition) is 0. The van der Waals surface area contributed by atoms with Crippen molar-refractivity contribution >= 4 is 48.0 Å². The standard InChI is InChI=1S/C40H48P2/c1-11-25-35-29(14-1)16-13-27-37(35)39-36-26-12-2-15-30(36)28-38(41(31-17-3-4-18-31)32-19-5-6-20-32)40(39)42(33-21-7-8-22-33)34-23-9-10-24-34/h1-2,11-16,25-28,31-34H,3-10,17-24H2. The largest absolute Gasteiger partial charge is 0.0682 e. The van der Waals surface area contributed by atoms with E-state index in [-0.39, 0.29) is 15.8 Å². The van der Waals surface area contributed by atoms with Gasteiger partial charge in [0.15, 0.2) is 0 Å². The number of rotatable bonds is 7. The average molecular weight is 591 g/mol. The number of benzene rings is 4. The maximum Gasteiger partial charge on any atom is -0.00155 e. The van der Waals surface area contributed by atoms with E-state index in [1.807, 2.05) is 10.6 Å². The van der Waals surface area contributed by atoms with E-state index in [4.69, 9.17) is 0 Å². The van der Waals surface area contributed by atoms with Crippen molar-refractivity contribution < 1.29 is 0 Å². The summed E-state index contributed by atoms with van der Waals surface area (Å²) in [6.07, 6.45) is 23.6. The first-order chi connectivity index (χ1) is 20.9. The molecular weight excluding hydrogens is 542 g/mol. The van der Waals surface area contributed by atoms with Crippen LogP contribution in [0.15, 0.2) is 72.8 Å². The molecule has 0 saturated heterocycles. The Kier molecular flexibility index (Phi) is 8.16. The van der Waals surface area contributed by atoms with Gasteiger partial charge in [-0.3, -0.25) is 0 Å². The zero-order valence-electron chi connectivity index (χ0n) is 25.4. The summed E-state index contributed by atoms with van der Waals surface area (Å²) < 4.78 is 0. The van der Waals surface area contributed by atoms with E-state index in [0.29, 0.717) is 0 Å². The second-order valence-electron chi connectivity index (χ2n) is 13.9. The van der Waals surface area contributed by atoms with E-state index in [2.05, 4.69) is 72.8 Å². The molecule has 0 heterocycles. The average Bonchev–Trinajstić information content (AvgIpc) is 3.87. The molecule has 0 nitrogen and oxygen atoms in total. The van der Waals surface area contributed by atoms with Gasteiger partial charge in [-0.25, -0.2) is 0 Å². The molecule has 4 saturated carbocycles. The summed E-state index contributed by atoms with van der Waals surface area (Å²) >= 11 is 0. The van der Waals surface area contributed by atoms with Gasteiger partial charge in [0, 0.05) is 0 Å².